The summed E-state index contributed by atoms with van der Waals surface area (Å²) in [5, 5.41) is 0. The van der Waals surface area contributed by atoms with Gasteiger partial charge in [0.2, 0.25) is 0 Å². The highest BCUT2D eigenvalue weighted by Crippen LogP contribution is 2.21. The molecule has 0 aliphatic heterocycles. The molecular formula is C19H22F4. The average molecular weight is 326 g/mol. The van der Waals surface area contributed by atoms with Crippen LogP contribution in [0.25, 0.3) is 0 Å². The minimum absolute atomic E-state index is 0.0331. The molecule has 0 saturated heterocycles. The first-order valence-electron chi connectivity index (χ1n) is 7.55. The van der Waals surface area contributed by atoms with Crippen LogP contribution in [-0.4, -0.2) is 0 Å². The second-order valence-electron chi connectivity index (χ2n) is 5.94. The Morgan fingerprint density at radius 3 is 1.61 bits per heavy atom. The Labute approximate surface area is 135 Å². The van der Waals surface area contributed by atoms with Crippen LogP contribution in [0.4, 0.5) is 17.6 Å². The quantitative estimate of drug-likeness (QED) is 0.542. The molecule has 0 N–H and O–H groups in total. The van der Waals surface area contributed by atoms with Gasteiger partial charge in [-0.15, -0.1) is 0 Å². The van der Waals surface area contributed by atoms with E-state index in [9.17, 15) is 17.6 Å². The van der Waals surface area contributed by atoms with E-state index in [1.807, 2.05) is 27.7 Å². The van der Waals surface area contributed by atoms with Crippen molar-refractivity contribution in [3.05, 3.63) is 70.8 Å². The molecule has 4 heteroatoms. The summed E-state index contributed by atoms with van der Waals surface area (Å²) in [5.74, 6) is -0.279. The molecule has 0 heterocycles. The number of halogens is 4. The van der Waals surface area contributed by atoms with Crippen LogP contribution in [0, 0.1) is 11.6 Å². The van der Waals surface area contributed by atoms with Crippen molar-refractivity contribution in [2.24, 2.45) is 0 Å². The lowest BCUT2D eigenvalue weighted by molar-refractivity contribution is 0.151. The van der Waals surface area contributed by atoms with Gasteiger partial charge >= 0.3 is 0 Å². The summed E-state index contributed by atoms with van der Waals surface area (Å²) in [6.07, 6.45) is -2.36. The van der Waals surface area contributed by atoms with Gasteiger partial charge in [0.15, 0.2) is 0 Å². The summed E-state index contributed by atoms with van der Waals surface area (Å²) in [7, 11) is 0. The van der Waals surface area contributed by atoms with Crippen molar-refractivity contribution >= 4 is 0 Å². The highest BCUT2D eigenvalue weighted by Gasteiger charge is 2.07. The van der Waals surface area contributed by atoms with Crippen LogP contribution < -0.4 is 0 Å². The summed E-state index contributed by atoms with van der Waals surface area (Å²) in [6.45, 7) is 7.74. The molecule has 0 radical (unpaired) electrons. The molecule has 0 spiro atoms. The van der Waals surface area contributed by atoms with Gasteiger partial charge in [-0.2, -0.15) is 0 Å². The van der Waals surface area contributed by atoms with Crippen LogP contribution in [0.15, 0.2) is 42.5 Å². The molecular weight excluding hydrogens is 304 g/mol. The average Bonchev–Trinajstić information content (AvgIpc) is 2.50. The molecule has 0 fully saturated rings. The predicted molar refractivity (Wildman–Crippen MR) is 85.9 cm³/mol. The molecule has 2 aromatic rings. The third kappa shape index (κ3) is 6.05. The number of rotatable bonds is 3. The van der Waals surface area contributed by atoms with E-state index < -0.39 is 6.43 Å². The highest BCUT2D eigenvalue weighted by atomic mass is 19.3. The number of benzene rings is 2. The minimum atomic E-state index is -2.36. The zero-order valence-corrected chi connectivity index (χ0v) is 13.8. The van der Waals surface area contributed by atoms with Crippen LogP contribution >= 0.6 is 0 Å². The zero-order valence-electron chi connectivity index (χ0n) is 13.8. The van der Waals surface area contributed by atoms with E-state index in [4.69, 9.17) is 0 Å². The molecule has 23 heavy (non-hydrogen) atoms. The molecule has 126 valence electrons. The van der Waals surface area contributed by atoms with Crippen LogP contribution in [0.2, 0.25) is 0 Å². The highest BCUT2D eigenvalue weighted by molar-refractivity contribution is 5.25. The van der Waals surface area contributed by atoms with Gasteiger partial charge in [-0.3, -0.25) is 0 Å². The fourth-order valence-corrected chi connectivity index (χ4v) is 1.98. The second kappa shape index (κ2) is 8.70. The summed E-state index contributed by atoms with van der Waals surface area (Å²) in [4.78, 5) is 0. The summed E-state index contributed by atoms with van der Waals surface area (Å²) < 4.78 is 49.6. The van der Waals surface area contributed by atoms with E-state index >= 15 is 0 Å². The SMILES string of the molecule is CC(C)c1cc(F)ccc1F.CC(C)c1ccc(C(F)F)cc1. The topological polar surface area (TPSA) is 0 Å². The van der Waals surface area contributed by atoms with Gasteiger partial charge in [0.25, 0.3) is 6.43 Å². The van der Waals surface area contributed by atoms with E-state index in [-0.39, 0.29) is 23.1 Å². The molecule has 0 amide bonds. The molecule has 0 aliphatic rings. The zero-order chi connectivity index (χ0) is 17.6. The van der Waals surface area contributed by atoms with Crippen molar-refractivity contribution in [1.82, 2.24) is 0 Å². The Hall–Kier alpha value is -1.84. The molecule has 0 saturated carbocycles. The molecule has 0 aromatic heterocycles. The van der Waals surface area contributed by atoms with Crippen molar-refractivity contribution in [1.29, 1.82) is 0 Å². The van der Waals surface area contributed by atoms with Gasteiger partial charge in [0.1, 0.15) is 11.6 Å². The second-order valence-corrected chi connectivity index (χ2v) is 5.94. The summed E-state index contributed by atoms with van der Waals surface area (Å²) in [5.41, 5.74) is 1.63. The molecule has 0 aliphatic carbocycles. The number of hydrogen-bond acceptors (Lipinski definition) is 0. The fraction of sp³-hybridized carbons (Fsp3) is 0.368. The smallest absolute Gasteiger partial charge is 0.207 e. The Balaban J connectivity index is 0.000000231. The van der Waals surface area contributed by atoms with E-state index in [0.717, 1.165) is 17.7 Å². The van der Waals surface area contributed by atoms with Gasteiger partial charge in [0, 0.05) is 5.56 Å². The Morgan fingerprint density at radius 2 is 1.22 bits per heavy atom. The van der Waals surface area contributed by atoms with Crippen molar-refractivity contribution in [3.8, 4) is 0 Å². The molecule has 0 nitrogen and oxygen atoms in total. The van der Waals surface area contributed by atoms with Crippen molar-refractivity contribution in [2.75, 3.05) is 0 Å². The van der Waals surface area contributed by atoms with E-state index in [0.29, 0.717) is 11.5 Å². The Morgan fingerprint density at radius 1 is 0.696 bits per heavy atom. The third-order valence-electron chi connectivity index (χ3n) is 3.44. The summed E-state index contributed by atoms with van der Waals surface area (Å²) >= 11 is 0. The van der Waals surface area contributed by atoms with Gasteiger partial charge in [-0.25, -0.2) is 17.6 Å². The molecule has 2 rings (SSSR count). The molecule has 0 bridgehead atoms. The third-order valence-corrected chi connectivity index (χ3v) is 3.44. The van der Waals surface area contributed by atoms with E-state index in [2.05, 4.69) is 0 Å². The maximum Gasteiger partial charge on any atom is 0.263 e. The first-order chi connectivity index (χ1) is 10.7. The predicted octanol–water partition coefficient (Wildman–Crippen LogP) is 6.84. The van der Waals surface area contributed by atoms with Crippen LogP contribution in [0.5, 0.6) is 0 Å². The van der Waals surface area contributed by atoms with Crippen molar-refractivity contribution < 1.29 is 17.6 Å². The van der Waals surface area contributed by atoms with Gasteiger partial charge in [0.05, 0.1) is 0 Å². The van der Waals surface area contributed by atoms with E-state index in [1.165, 1.54) is 18.2 Å². The number of hydrogen-bond donors (Lipinski definition) is 0. The lowest BCUT2D eigenvalue weighted by Gasteiger charge is -2.05. The lowest BCUT2D eigenvalue weighted by atomic mass is 10.0. The maximum atomic E-state index is 12.9. The number of alkyl halides is 2. The Kier molecular flexibility index (Phi) is 7.27. The van der Waals surface area contributed by atoms with Gasteiger partial charge in [-0.05, 0) is 41.2 Å². The van der Waals surface area contributed by atoms with Gasteiger partial charge in [-0.1, -0.05) is 52.0 Å². The van der Waals surface area contributed by atoms with Crippen molar-refractivity contribution in [2.45, 2.75) is 46.0 Å². The van der Waals surface area contributed by atoms with Crippen LogP contribution in [0.3, 0.4) is 0 Å². The van der Waals surface area contributed by atoms with Crippen LogP contribution in [0.1, 0.15) is 62.6 Å². The van der Waals surface area contributed by atoms with Crippen molar-refractivity contribution in [3.63, 3.8) is 0 Å². The Bertz CT molecular complexity index is 574. The molecule has 0 atom stereocenters. The summed E-state index contributed by atoms with van der Waals surface area (Å²) in [6, 6.07) is 10.0. The minimum Gasteiger partial charge on any atom is -0.207 e. The molecule has 2 aromatic carbocycles. The largest absolute Gasteiger partial charge is 0.263 e. The molecule has 0 unspecified atom stereocenters. The lowest BCUT2D eigenvalue weighted by Crippen LogP contribution is -1.93. The standard InChI is InChI=1S/C10H12F2.C9H10F2/c1-7(2)8-3-5-9(6-4-8)10(11)12;1-6(2)8-5-7(10)3-4-9(8)11/h3-7,10H,1-2H3;3-6H,1-2H3. The first-order valence-corrected chi connectivity index (χ1v) is 7.55. The van der Waals surface area contributed by atoms with Crippen LogP contribution in [-0.2, 0) is 0 Å². The first kappa shape index (κ1) is 19.2. The monoisotopic (exact) mass is 326 g/mol. The normalized spacial score (nSPS) is 10.9. The fourth-order valence-electron chi connectivity index (χ4n) is 1.98. The van der Waals surface area contributed by atoms with Gasteiger partial charge < -0.3 is 0 Å². The maximum absolute atomic E-state index is 12.9. The van der Waals surface area contributed by atoms with E-state index in [1.54, 1.807) is 12.1 Å².